The molecule has 0 radical (unpaired) electrons. The van der Waals surface area contributed by atoms with E-state index in [4.69, 9.17) is 6.57 Å². The lowest BCUT2D eigenvalue weighted by Gasteiger charge is -2.21. The van der Waals surface area contributed by atoms with Crippen molar-refractivity contribution < 1.29 is 4.79 Å². The molecule has 3 nitrogen and oxygen atoms in total. The van der Waals surface area contributed by atoms with Crippen LogP contribution in [0.25, 0.3) is 4.85 Å². The lowest BCUT2D eigenvalue weighted by Crippen LogP contribution is -2.34. The van der Waals surface area contributed by atoms with E-state index in [1.165, 1.54) is 0 Å². The molecule has 1 saturated carbocycles. The Morgan fingerprint density at radius 3 is 3.00 bits per heavy atom. The van der Waals surface area contributed by atoms with E-state index in [1.54, 1.807) is 0 Å². The van der Waals surface area contributed by atoms with E-state index in [-0.39, 0.29) is 12.1 Å². The Morgan fingerprint density at radius 2 is 2.36 bits per heavy atom. The molecule has 0 saturated heterocycles. The van der Waals surface area contributed by atoms with Crippen LogP contribution in [0.3, 0.4) is 0 Å². The fourth-order valence-corrected chi connectivity index (χ4v) is 1.53. The van der Waals surface area contributed by atoms with Crippen LogP contribution in [0.5, 0.6) is 0 Å². The molecule has 1 N–H and O–H groups in total. The van der Waals surface area contributed by atoms with Crippen LogP contribution in [-0.4, -0.2) is 18.5 Å². The van der Waals surface area contributed by atoms with E-state index in [0.717, 1.165) is 32.1 Å². The smallest absolute Gasteiger partial charge is 0.225 e. The number of hydrogen-bond donors (Lipinski definition) is 1. The number of carbonyl (C=O) groups is 1. The van der Waals surface area contributed by atoms with Gasteiger partial charge in [0.2, 0.25) is 12.5 Å². The molecule has 0 aromatic carbocycles. The van der Waals surface area contributed by atoms with Gasteiger partial charge in [0, 0.05) is 18.9 Å². The molecule has 0 bridgehead atoms. The number of carbonyl (C=O) groups excluding carboxylic acids is 1. The Labute approximate surface area is 66.6 Å². The minimum absolute atomic E-state index is 0.140. The molecule has 60 valence electrons. The van der Waals surface area contributed by atoms with Crippen molar-refractivity contribution in [1.82, 2.24) is 5.32 Å². The highest BCUT2D eigenvalue weighted by molar-refractivity contribution is 5.46. The molecule has 2 atom stereocenters. The highest BCUT2D eigenvalue weighted by Crippen LogP contribution is 2.20. The molecular weight excluding hydrogens is 140 g/mol. The Bertz CT molecular complexity index is 173. The number of nitrogens with zero attached hydrogens (tertiary/aromatic N) is 1. The summed E-state index contributed by atoms with van der Waals surface area (Å²) < 4.78 is 0. The molecule has 1 fully saturated rings. The van der Waals surface area contributed by atoms with Gasteiger partial charge >= 0.3 is 0 Å². The second-order valence-electron chi connectivity index (χ2n) is 2.93. The summed E-state index contributed by atoms with van der Waals surface area (Å²) in [5.74, 6) is 0. The van der Waals surface area contributed by atoms with E-state index in [9.17, 15) is 4.79 Å². The predicted molar refractivity (Wildman–Crippen MR) is 41.8 cm³/mol. The third kappa shape index (κ3) is 2.23. The lowest BCUT2D eigenvalue weighted by molar-refractivity contribution is -0.110. The molecule has 3 heteroatoms. The second-order valence-corrected chi connectivity index (χ2v) is 2.93. The molecule has 1 aliphatic carbocycles. The van der Waals surface area contributed by atoms with Crippen molar-refractivity contribution >= 4 is 6.41 Å². The van der Waals surface area contributed by atoms with E-state index >= 15 is 0 Å². The third-order valence-electron chi connectivity index (χ3n) is 2.13. The molecule has 0 aromatic rings. The summed E-state index contributed by atoms with van der Waals surface area (Å²) in [4.78, 5) is 13.6. The standard InChI is InChI=1S/C8H12N2O/c1-9-7-3-2-4-8(5-7)10-6-11/h6-8H,2-5H2,(H,10,11). The number of nitrogens with one attached hydrogen (secondary N) is 1. The summed E-state index contributed by atoms with van der Waals surface area (Å²) in [6.07, 6.45) is 4.67. The normalized spacial score (nSPS) is 30.5. The van der Waals surface area contributed by atoms with Gasteiger partial charge in [-0.3, -0.25) is 4.79 Å². The van der Waals surface area contributed by atoms with Crippen LogP contribution in [0.1, 0.15) is 25.7 Å². The van der Waals surface area contributed by atoms with Crippen molar-refractivity contribution in [2.45, 2.75) is 37.8 Å². The van der Waals surface area contributed by atoms with Crippen LogP contribution in [0.4, 0.5) is 0 Å². The summed E-state index contributed by atoms with van der Waals surface area (Å²) in [5, 5.41) is 2.72. The van der Waals surface area contributed by atoms with Gasteiger partial charge in [-0.25, -0.2) is 6.57 Å². The molecule has 0 spiro atoms. The third-order valence-corrected chi connectivity index (χ3v) is 2.13. The van der Waals surface area contributed by atoms with Gasteiger partial charge in [-0.05, 0) is 12.8 Å². The van der Waals surface area contributed by atoms with Crippen molar-refractivity contribution in [1.29, 1.82) is 0 Å². The van der Waals surface area contributed by atoms with E-state index < -0.39 is 0 Å². The number of rotatable bonds is 2. The summed E-state index contributed by atoms with van der Waals surface area (Å²) in [6, 6.07) is 0.390. The molecule has 11 heavy (non-hydrogen) atoms. The first-order chi connectivity index (χ1) is 5.36. The number of hydrogen-bond acceptors (Lipinski definition) is 1. The molecule has 0 aliphatic heterocycles. The topological polar surface area (TPSA) is 33.5 Å². The molecule has 1 amide bonds. The summed E-state index contributed by atoms with van der Waals surface area (Å²) in [6.45, 7) is 6.83. The monoisotopic (exact) mass is 152 g/mol. The molecule has 1 aliphatic rings. The molecule has 0 heterocycles. The first-order valence-electron chi connectivity index (χ1n) is 3.93. The van der Waals surface area contributed by atoms with Crippen LogP contribution in [0.2, 0.25) is 0 Å². The van der Waals surface area contributed by atoms with E-state index in [2.05, 4.69) is 10.2 Å². The van der Waals surface area contributed by atoms with Gasteiger partial charge in [-0.2, -0.15) is 0 Å². The number of amides is 1. The van der Waals surface area contributed by atoms with Gasteiger partial charge in [0.15, 0.2) is 0 Å². The molecule has 0 aromatic heterocycles. The predicted octanol–water partition coefficient (Wildman–Crippen LogP) is 0.963. The lowest BCUT2D eigenvalue weighted by atomic mass is 9.92. The average molecular weight is 152 g/mol. The fraction of sp³-hybridized carbons (Fsp3) is 0.750. The van der Waals surface area contributed by atoms with Crippen LogP contribution < -0.4 is 5.32 Å². The largest absolute Gasteiger partial charge is 0.356 e. The maximum atomic E-state index is 10.1. The second kappa shape index (κ2) is 3.97. The fourth-order valence-electron chi connectivity index (χ4n) is 1.53. The van der Waals surface area contributed by atoms with Gasteiger partial charge in [-0.15, -0.1) is 0 Å². The van der Waals surface area contributed by atoms with Crippen molar-refractivity contribution in [2.75, 3.05) is 0 Å². The minimum Gasteiger partial charge on any atom is -0.356 e. The molecule has 1 rings (SSSR count). The Balaban J connectivity index is 2.34. The highest BCUT2D eigenvalue weighted by Gasteiger charge is 2.24. The van der Waals surface area contributed by atoms with E-state index in [0.29, 0.717) is 0 Å². The van der Waals surface area contributed by atoms with Crippen molar-refractivity contribution in [3.8, 4) is 0 Å². The van der Waals surface area contributed by atoms with Gasteiger partial charge in [0.25, 0.3) is 0 Å². The summed E-state index contributed by atoms with van der Waals surface area (Å²) in [5.41, 5.74) is 0. The first-order valence-corrected chi connectivity index (χ1v) is 3.93. The van der Waals surface area contributed by atoms with Crippen molar-refractivity contribution in [3.05, 3.63) is 11.4 Å². The Hall–Kier alpha value is -1.04. The Kier molecular flexibility index (Phi) is 2.91. The van der Waals surface area contributed by atoms with Crippen LogP contribution in [0, 0.1) is 6.57 Å². The minimum atomic E-state index is 0.140. The summed E-state index contributed by atoms with van der Waals surface area (Å²) >= 11 is 0. The average Bonchev–Trinajstić information content (AvgIpc) is 2.06. The van der Waals surface area contributed by atoms with Crippen LogP contribution in [0.15, 0.2) is 0 Å². The zero-order chi connectivity index (χ0) is 8.10. The highest BCUT2D eigenvalue weighted by atomic mass is 16.1. The molecule has 2 unspecified atom stereocenters. The Morgan fingerprint density at radius 1 is 1.55 bits per heavy atom. The zero-order valence-electron chi connectivity index (χ0n) is 6.42. The van der Waals surface area contributed by atoms with Crippen LogP contribution >= 0.6 is 0 Å². The van der Waals surface area contributed by atoms with Crippen molar-refractivity contribution in [2.24, 2.45) is 0 Å². The van der Waals surface area contributed by atoms with Gasteiger partial charge in [-0.1, -0.05) is 0 Å². The quantitative estimate of drug-likeness (QED) is 0.464. The van der Waals surface area contributed by atoms with E-state index in [1.807, 2.05) is 0 Å². The molecular formula is C8H12N2O. The SMILES string of the molecule is [C-]#[N+]C1CCCC(NC=O)C1. The zero-order valence-corrected chi connectivity index (χ0v) is 6.42. The van der Waals surface area contributed by atoms with Crippen molar-refractivity contribution in [3.63, 3.8) is 0 Å². The maximum absolute atomic E-state index is 10.1. The van der Waals surface area contributed by atoms with Gasteiger partial charge in [0.1, 0.15) is 0 Å². The summed E-state index contributed by atoms with van der Waals surface area (Å²) in [7, 11) is 0. The maximum Gasteiger partial charge on any atom is 0.225 e. The first kappa shape index (κ1) is 8.06. The van der Waals surface area contributed by atoms with Gasteiger partial charge < -0.3 is 10.2 Å². The van der Waals surface area contributed by atoms with Crippen LogP contribution in [-0.2, 0) is 4.79 Å². The van der Waals surface area contributed by atoms with Gasteiger partial charge in [0.05, 0.1) is 0 Å².